The third-order valence-corrected chi connectivity index (χ3v) is 4.44. The molecule has 1 amide bonds. The van der Waals surface area contributed by atoms with Gasteiger partial charge in [0, 0.05) is 5.56 Å². The number of rotatable bonds is 4. The lowest BCUT2D eigenvalue weighted by Gasteiger charge is -2.11. The van der Waals surface area contributed by atoms with E-state index in [9.17, 15) is 4.79 Å². The van der Waals surface area contributed by atoms with E-state index in [1.165, 1.54) is 5.56 Å². The monoisotopic (exact) mass is 354 g/mol. The van der Waals surface area contributed by atoms with Crippen molar-refractivity contribution in [3.63, 3.8) is 0 Å². The van der Waals surface area contributed by atoms with E-state index in [1.807, 2.05) is 30.3 Å². The summed E-state index contributed by atoms with van der Waals surface area (Å²) < 4.78 is 0. The van der Waals surface area contributed by atoms with Crippen molar-refractivity contribution in [1.82, 2.24) is 15.2 Å². The van der Waals surface area contributed by atoms with Crippen LogP contribution in [0.5, 0.6) is 0 Å². The van der Waals surface area contributed by atoms with Gasteiger partial charge >= 0.3 is 0 Å². The molecule has 0 radical (unpaired) electrons. The number of H-pyrrole nitrogens is 1. The molecule has 5 nitrogen and oxygen atoms in total. The Balaban J connectivity index is 1.78. The van der Waals surface area contributed by atoms with Gasteiger partial charge in [-0.3, -0.25) is 9.89 Å². The highest BCUT2D eigenvalue weighted by atomic mass is 16.1. The van der Waals surface area contributed by atoms with Gasteiger partial charge in [-0.1, -0.05) is 72.3 Å². The zero-order valence-corrected chi connectivity index (χ0v) is 14.8. The number of nitrogens with one attached hydrogen (secondary N) is 1. The van der Waals surface area contributed by atoms with Gasteiger partial charge in [0.15, 0.2) is 5.82 Å². The highest BCUT2D eigenvalue weighted by Gasteiger charge is 2.12. The number of primary amides is 1. The number of hydrogen-bond acceptors (Lipinski definition) is 3. The van der Waals surface area contributed by atoms with E-state index in [-0.39, 0.29) is 5.82 Å². The normalized spacial score (nSPS) is 10.7. The van der Waals surface area contributed by atoms with Crippen LogP contribution in [0.15, 0.2) is 72.8 Å². The van der Waals surface area contributed by atoms with Crippen LogP contribution < -0.4 is 5.73 Å². The van der Waals surface area contributed by atoms with E-state index in [4.69, 9.17) is 5.73 Å². The van der Waals surface area contributed by atoms with E-state index < -0.39 is 5.91 Å². The molecular weight excluding hydrogens is 336 g/mol. The van der Waals surface area contributed by atoms with E-state index in [2.05, 4.69) is 64.6 Å². The van der Waals surface area contributed by atoms with Gasteiger partial charge in [0.25, 0.3) is 5.91 Å². The van der Waals surface area contributed by atoms with Crippen molar-refractivity contribution in [2.24, 2.45) is 5.73 Å². The van der Waals surface area contributed by atoms with Gasteiger partial charge in [-0.2, -0.15) is 5.10 Å². The van der Waals surface area contributed by atoms with Crippen molar-refractivity contribution in [3.05, 3.63) is 84.2 Å². The maximum absolute atomic E-state index is 11.2. The maximum Gasteiger partial charge on any atom is 0.286 e. The predicted molar refractivity (Wildman–Crippen MR) is 106 cm³/mol. The Labute approximate surface area is 156 Å². The number of nitrogens with zero attached hydrogens (tertiary/aromatic N) is 2. The lowest BCUT2D eigenvalue weighted by Crippen LogP contribution is -2.12. The van der Waals surface area contributed by atoms with E-state index >= 15 is 0 Å². The number of carbonyl (C=O) groups excluding carboxylic acids is 1. The molecule has 1 aromatic heterocycles. The van der Waals surface area contributed by atoms with Crippen LogP contribution in [0.2, 0.25) is 0 Å². The van der Waals surface area contributed by atoms with Gasteiger partial charge in [-0.05, 0) is 35.2 Å². The van der Waals surface area contributed by atoms with Gasteiger partial charge in [0.1, 0.15) is 0 Å². The van der Waals surface area contributed by atoms with Gasteiger partial charge in [-0.15, -0.1) is 0 Å². The molecule has 0 aliphatic carbocycles. The molecule has 0 bridgehead atoms. The molecule has 0 spiro atoms. The number of nitrogens with two attached hydrogens (primary N) is 1. The summed E-state index contributed by atoms with van der Waals surface area (Å²) >= 11 is 0. The molecule has 4 aromatic rings. The number of aromatic nitrogens is 3. The van der Waals surface area contributed by atoms with Crippen LogP contribution in [-0.2, 0) is 0 Å². The summed E-state index contributed by atoms with van der Waals surface area (Å²) in [5.74, 6) is -0.136. The highest BCUT2D eigenvalue weighted by Crippen LogP contribution is 2.33. The second kappa shape index (κ2) is 6.88. The first-order valence-corrected chi connectivity index (χ1v) is 8.61. The Bertz CT molecular complexity index is 1110. The third-order valence-electron chi connectivity index (χ3n) is 4.44. The fraction of sp³-hybridized carbons (Fsp3) is 0.0455. The molecule has 4 rings (SSSR count). The second-order valence-electron chi connectivity index (χ2n) is 6.36. The Hall–Kier alpha value is -3.73. The van der Waals surface area contributed by atoms with Crippen LogP contribution in [0, 0.1) is 6.92 Å². The van der Waals surface area contributed by atoms with Crippen molar-refractivity contribution in [2.45, 2.75) is 6.92 Å². The summed E-state index contributed by atoms with van der Waals surface area (Å²) in [6.07, 6.45) is 0. The summed E-state index contributed by atoms with van der Waals surface area (Å²) in [6.45, 7) is 2.08. The first kappa shape index (κ1) is 16.7. The fourth-order valence-electron chi connectivity index (χ4n) is 3.05. The second-order valence-corrected chi connectivity index (χ2v) is 6.36. The first-order chi connectivity index (χ1) is 13.1. The molecule has 27 heavy (non-hydrogen) atoms. The smallest absolute Gasteiger partial charge is 0.286 e. The topological polar surface area (TPSA) is 84.7 Å². The molecule has 0 atom stereocenters. The van der Waals surface area contributed by atoms with Crippen molar-refractivity contribution in [2.75, 3.05) is 0 Å². The first-order valence-electron chi connectivity index (χ1n) is 8.61. The largest absolute Gasteiger partial charge is 0.363 e. The zero-order valence-electron chi connectivity index (χ0n) is 14.8. The average Bonchev–Trinajstić information content (AvgIpc) is 3.19. The molecular formula is C22H18N4O. The SMILES string of the molecule is Cc1ccc(-c2ccccc2-c2cccc(-c3n[nH]c(C(N)=O)n3)c2)cc1. The Morgan fingerprint density at radius 3 is 2.19 bits per heavy atom. The number of aryl methyl sites for hydroxylation is 1. The fourth-order valence-corrected chi connectivity index (χ4v) is 3.05. The van der Waals surface area contributed by atoms with Crippen molar-refractivity contribution >= 4 is 5.91 Å². The average molecular weight is 354 g/mol. The summed E-state index contributed by atoms with van der Waals surface area (Å²) in [5.41, 5.74) is 11.8. The lowest BCUT2D eigenvalue weighted by molar-refractivity contribution is 0.0991. The maximum atomic E-state index is 11.2. The predicted octanol–water partition coefficient (Wildman–Crippen LogP) is 4.21. The molecule has 0 aliphatic heterocycles. The summed E-state index contributed by atoms with van der Waals surface area (Å²) in [4.78, 5) is 15.4. The number of amides is 1. The molecule has 0 fully saturated rings. The lowest BCUT2D eigenvalue weighted by atomic mass is 9.93. The van der Waals surface area contributed by atoms with E-state index in [1.54, 1.807) is 0 Å². The van der Waals surface area contributed by atoms with Gasteiger partial charge in [0.2, 0.25) is 5.82 Å². The van der Waals surface area contributed by atoms with Crippen LogP contribution in [-0.4, -0.2) is 21.1 Å². The Morgan fingerprint density at radius 1 is 0.852 bits per heavy atom. The van der Waals surface area contributed by atoms with Crippen LogP contribution in [0.1, 0.15) is 16.2 Å². The molecule has 132 valence electrons. The van der Waals surface area contributed by atoms with E-state index in [0.717, 1.165) is 27.8 Å². The van der Waals surface area contributed by atoms with E-state index in [0.29, 0.717) is 5.82 Å². The van der Waals surface area contributed by atoms with Crippen LogP contribution in [0.4, 0.5) is 0 Å². The summed E-state index contributed by atoms with van der Waals surface area (Å²) in [5, 5.41) is 6.67. The molecule has 5 heteroatoms. The van der Waals surface area contributed by atoms with Crippen molar-refractivity contribution in [3.8, 4) is 33.6 Å². The summed E-state index contributed by atoms with van der Waals surface area (Å²) in [7, 11) is 0. The number of benzene rings is 3. The molecule has 0 unspecified atom stereocenters. The molecule has 0 saturated carbocycles. The molecule has 1 heterocycles. The third kappa shape index (κ3) is 3.35. The molecule has 0 saturated heterocycles. The van der Waals surface area contributed by atoms with Crippen LogP contribution in [0.3, 0.4) is 0 Å². The standard InChI is InChI=1S/C22H18N4O/c1-14-9-11-15(12-10-14)18-7-2-3-8-19(18)16-5-4-6-17(13-16)21-24-22(20(23)27)26-25-21/h2-13H,1H3,(H2,23,27)(H,24,25,26). The Kier molecular flexibility index (Phi) is 4.26. The minimum absolute atomic E-state index is 0.0514. The van der Waals surface area contributed by atoms with Gasteiger partial charge in [-0.25, -0.2) is 4.98 Å². The quantitative estimate of drug-likeness (QED) is 0.575. The number of aromatic amines is 1. The van der Waals surface area contributed by atoms with Crippen LogP contribution in [0.25, 0.3) is 33.6 Å². The van der Waals surface area contributed by atoms with Crippen LogP contribution >= 0.6 is 0 Å². The van der Waals surface area contributed by atoms with Crippen molar-refractivity contribution in [1.29, 1.82) is 0 Å². The molecule has 0 aliphatic rings. The number of hydrogen-bond donors (Lipinski definition) is 2. The van der Waals surface area contributed by atoms with Gasteiger partial charge in [0.05, 0.1) is 0 Å². The number of carbonyl (C=O) groups is 1. The zero-order chi connectivity index (χ0) is 18.8. The highest BCUT2D eigenvalue weighted by molar-refractivity contribution is 5.89. The summed E-state index contributed by atoms with van der Waals surface area (Å²) in [6, 6.07) is 24.7. The molecule has 3 N–H and O–H groups in total. The van der Waals surface area contributed by atoms with Crippen molar-refractivity contribution < 1.29 is 4.79 Å². The minimum Gasteiger partial charge on any atom is -0.363 e. The molecule has 3 aromatic carbocycles. The minimum atomic E-state index is -0.630. The van der Waals surface area contributed by atoms with Gasteiger partial charge < -0.3 is 5.73 Å². The Morgan fingerprint density at radius 2 is 1.52 bits per heavy atom.